The Balaban J connectivity index is 0.00000364. The van der Waals surface area contributed by atoms with Crippen LogP contribution < -0.4 is 10.6 Å². The van der Waals surface area contributed by atoms with E-state index in [-0.39, 0.29) is 35.9 Å². The van der Waals surface area contributed by atoms with Crippen molar-refractivity contribution in [3.8, 4) is 0 Å². The zero-order chi connectivity index (χ0) is 18.9. The van der Waals surface area contributed by atoms with Gasteiger partial charge in [-0.2, -0.15) is 0 Å². The van der Waals surface area contributed by atoms with Crippen molar-refractivity contribution in [1.29, 1.82) is 0 Å². The van der Waals surface area contributed by atoms with Gasteiger partial charge >= 0.3 is 0 Å². The van der Waals surface area contributed by atoms with Crippen molar-refractivity contribution >= 4 is 29.9 Å². The van der Waals surface area contributed by atoms with Crippen LogP contribution in [-0.2, 0) is 4.74 Å². The quantitative estimate of drug-likeness (QED) is 0.347. The van der Waals surface area contributed by atoms with Gasteiger partial charge in [-0.15, -0.1) is 24.0 Å². The van der Waals surface area contributed by atoms with Crippen LogP contribution in [0.25, 0.3) is 0 Å². The van der Waals surface area contributed by atoms with E-state index in [1.54, 1.807) is 19.2 Å². The number of methoxy groups -OCH3 is 1. The first-order valence-corrected chi connectivity index (χ1v) is 9.60. The number of hydrogen-bond donors (Lipinski definition) is 2. The van der Waals surface area contributed by atoms with Crippen molar-refractivity contribution in [3.05, 3.63) is 35.6 Å². The molecule has 1 aromatic rings. The van der Waals surface area contributed by atoms with Gasteiger partial charge in [-0.05, 0) is 51.3 Å². The maximum Gasteiger partial charge on any atom is 0.191 e. The van der Waals surface area contributed by atoms with Crippen LogP contribution in [0, 0.1) is 5.82 Å². The summed E-state index contributed by atoms with van der Waals surface area (Å²) in [6.07, 6.45) is 2.05. The molecular weight excluding hydrogens is 458 g/mol. The van der Waals surface area contributed by atoms with Crippen LogP contribution >= 0.6 is 24.0 Å². The molecule has 0 spiro atoms. The lowest BCUT2D eigenvalue weighted by molar-refractivity contribution is 0.110. The van der Waals surface area contributed by atoms with Gasteiger partial charge in [0.05, 0.1) is 6.54 Å². The van der Waals surface area contributed by atoms with E-state index < -0.39 is 0 Å². The minimum absolute atomic E-state index is 0. The zero-order valence-corrected chi connectivity index (χ0v) is 19.2. The molecular formula is C20H34FIN4O. The van der Waals surface area contributed by atoms with E-state index >= 15 is 0 Å². The summed E-state index contributed by atoms with van der Waals surface area (Å²) in [5.41, 5.74) is 0.929. The van der Waals surface area contributed by atoms with E-state index in [0.717, 1.165) is 44.0 Å². The molecule has 0 aromatic heterocycles. The summed E-state index contributed by atoms with van der Waals surface area (Å²) in [6, 6.07) is 7.46. The first kappa shape index (κ1) is 24.1. The third-order valence-electron chi connectivity index (χ3n) is 4.89. The molecule has 154 valence electrons. The molecule has 2 N–H and O–H groups in total. The van der Waals surface area contributed by atoms with Gasteiger partial charge in [-0.25, -0.2) is 4.39 Å². The number of benzene rings is 1. The highest BCUT2D eigenvalue weighted by Gasteiger charge is 2.21. The fraction of sp³-hybridized carbons (Fsp3) is 0.650. The van der Waals surface area contributed by atoms with Crippen LogP contribution in [0.15, 0.2) is 29.3 Å². The number of nitrogens with zero attached hydrogens (tertiary/aromatic N) is 2. The Morgan fingerprint density at radius 3 is 2.41 bits per heavy atom. The largest absolute Gasteiger partial charge is 0.375 e. The second kappa shape index (κ2) is 12.5. The summed E-state index contributed by atoms with van der Waals surface area (Å²) >= 11 is 0. The molecule has 1 fully saturated rings. The number of nitrogens with one attached hydrogen (secondary N) is 2. The summed E-state index contributed by atoms with van der Waals surface area (Å²) in [5, 5.41) is 6.87. The maximum absolute atomic E-state index is 13.1. The average Bonchev–Trinajstić information content (AvgIpc) is 2.64. The lowest BCUT2D eigenvalue weighted by atomic mass is 10.0. The fourth-order valence-electron chi connectivity index (χ4n) is 3.24. The van der Waals surface area contributed by atoms with Crippen LogP contribution in [0.4, 0.5) is 4.39 Å². The highest BCUT2D eigenvalue weighted by atomic mass is 127. The van der Waals surface area contributed by atoms with Gasteiger partial charge in [0.1, 0.15) is 11.9 Å². The molecule has 1 atom stereocenters. The molecule has 0 bridgehead atoms. The van der Waals surface area contributed by atoms with Crippen LogP contribution in [0.2, 0.25) is 0 Å². The minimum Gasteiger partial charge on any atom is -0.375 e. The normalized spacial score (nSPS) is 17.5. The van der Waals surface area contributed by atoms with Crippen molar-refractivity contribution in [3.63, 3.8) is 0 Å². The number of guanidine groups is 1. The van der Waals surface area contributed by atoms with Crippen LogP contribution in [0.3, 0.4) is 0 Å². The number of halogens is 2. The predicted octanol–water partition coefficient (Wildman–Crippen LogP) is 3.56. The topological polar surface area (TPSA) is 48.9 Å². The summed E-state index contributed by atoms with van der Waals surface area (Å²) in [6.45, 7) is 10.1. The standard InChI is InChI=1S/C20H33FN4O.HI/c1-5-22-20(24-18-10-12-25(13-11-18)15(2)3)23-14-19(26-4)16-6-8-17(21)9-7-16;/h6-9,15,18-19H,5,10-14H2,1-4H3,(H2,22,23,24);1H. The van der Waals surface area contributed by atoms with Gasteiger partial charge in [0.25, 0.3) is 0 Å². The second-order valence-electron chi connectivity index (χ2n) is 7.04. The molecule has 0 radical (unpaired) electrons. The van der Waals surface area contributed by atoms with Gasteiger partial charge in [0.2, 0.25) is 0 Å². The fourth-order valence-corrected chi connectivity index (χ4v) is 3.24. The SMILES string of the molecule is CCNC(=NCC(OC)c1ccc(F)cc1)NC1CCN(C(C)C)CC1.I. The Bertz CT molecular complexity index is 560. The van der Waals surface area contributed by atoms with Gasteiger partial charge in [-0.1, -0.05) is 12.1 Å². The first-order valence-electron chi connectivity index (χ1n) is 9.60. The average molecular weight is 492 g/mol. The number of likely N-dealkylation sites (tertiary alicyclic amines) is 1. The summed E-state index contributed by atoms with van der Waals surface area (Å²) in [7, 11) is 1.66. The highest BCUT2D eigenvalue weighted by Crippen LogP contribution is 2.17. The van der Waals surface area contributed by atoms with Gasteiger partial charge in [-0.3, -0.25) is 4.99 Å². The summed E-state index contributed by atoms with van der Waals surface area (Å²) in [5.74, 6) is 0.578. The van der Waals surface area contributed by atoms with Gasteiger partial charge in [0.15, 0.2) is 5.96 Å². The lowest BCUT2D eigenvalue weighted by Gasteiger charge is -2.35. The molecule has 27 heavy (non-hydrogen) atoms. The Kier molecular flexibility index (Phi) is 11.2. The Morgan fingerprint density at radius 2 is 1.89 bits per heavy atom. The molecule has 0 aliphatic carbocycles. The van der Waals surface area contributed by atoms with Crippen molar-refractivity contribution < 1.29 is 9.13 Å². The molecule has 1 heterocycles. The molecule has 2 rings (SSSR count). The molecule has 1 unspecified atom stereocenters. The highest BCUT2D eigenvalue weighted by molar-refractivity contribution is 14.0. The van der Waals surface area contributed by atoms with Gasteiger partial charge in [0, 0.05) is 38.8 Å². The minimum atomic E-state index is -0.241. The number of rotatable bonds is 7. The van der Waals surface area contributed by atoms with Crippen LogP contribution in [0.5, 0.6) is 0 Å². The third-order valence-corrected chi connectivity index (χ3v) is 4.89. The Morgan fingerprint density at radius 1 is 1.26 bits per heavy atom. The molecule has 1 aromatic carbocycles. The van der Waals surface area contributed by atoms with E-state index in [1.165, 1.54) is 12.1 Å². The number of ether oxygens (including phenoxy) is 1. The van der Waals surface area contributed by atoms with Crippen LogP contribution in [-0.4, -0.2) is 56.2 Å². The maximum atomic E-state index is 13.1. The molecule has 1 saturated heterocycles. The van der Waals surface area contributed by atoms with E-state index in [4.69, 9.17) is 9.73 Å². The molecule has 0 saturated carbocycles. The molecule has 0 amide bonds. The number of hydrogen-bond acceptors (Lipinski definition) is 3. The van der Waals surface area contributed by atoms with Crippen molar-refractivity contribution in [2.45, 2.75) is 51.8 Å². The predicted molar refractivity (Wildman–Crippen MR) is 120 cm³/mol. The molecule has 1 aliphatic heterocycles. The Labute approximate surface area is 180 Å². The second-order valence-corrected chi connectivity index (χ2v) is 7.04. The molecule has 7 heteroatoms. The summed E-state index contributed by atoms with van der Waals surface area (Å²) < 4.78 is 18.7. The van der Waals surface area contributed by atoms with E-state index in [9.17, 15) is 4.39 Å². The third kappa shape index (κ3) is 7.91. The smallest absolute Gasteiger partial charge is 0.191 e. The molecule has 5 nitrogen and oxygen atoms in total. The monoisotopic (exact) mass is 492 g/mol. The lowest BCUT2D eigenvalue weighted by Crippen LogP contribution is -2.50. The van der Waals surface area contributed by atoms with Crippen molar-refractivity contribution in [1.82, 2.24) is 15.5 Å². The number of aliphatic imine (C=N–C) groups is 1. The van der Waals surface area contributed by atoms with Crippen molar-refractivity contribution in [2.75, 3.05) is 33.3 Å². The van der Waals surface area contributed by atoms with E-state index in [0.29, 0.717) is 18.6 Å². The summed E-state index contributed by atoms with van der Waals surface area (Å²) in [4.78, 5) is 7.21. The first-order chi connectivity index (χ1) is 12.5. The van der Waals surface area contributed by atoms with Crippen LogP contribution in [0.1, 0.15) is 45.3 Å². The zero-order valence-electron chi connectivity index (χ0n) is 16.9. The number of piperidine rings is 1. The van der Waals surface area contributed by atoms with Crippen molar-refractivity contribution in [2.24, 2.45) is 4.99 Å². The Hall–Kier alpha value is -0.930. The molecule has 1 aliphatic rings. The van der Waals surface area contributed by atoms with E-state index in [2.05, 4.69) is 36.3 Å². The van der Waals surface area contributed by atoms with Gasteiger partial charge < -0.3 is 20.3 Å². The van der Waals surface area contributed by atoms with E-state index in [1.807, 2.05) is 0 Å².